The smallest absolute Gasteiger partial charge is 0.151 e. The highest BCUT2D eigenvalue weighted by Gasteiger charge is 2.21. The zero-order chi connectivity index (χ0) is 9.97. The molecule has 2 nitrogen and oxygen atoms in total. The fourth-order valence-electron chi connectivity index (χ4n) is 1.24. The van der Waals surface area contributed by atoms with Crippen LogP contribution < -0.4 is 5.32 Å². The summed E-state index contributed by atoms with van der Waals surface area (Å²) in [5.41, 5.74) is 0. The van der Waals surface area contributed by atoms with Crippen molar-refractivity contribution in [3.63, 3.8) is 0 Å². The number of rotatable bonds is 5. The Morgan fingerprint density at radius 2 is 2.43 bits per heavy atom. The zero-order valence-electron chi connectivity index (χ0n) is 7.75. The van der Waals surface area contributed by atoms with Crippen LogP contribution in [-0.4, -0.2) is 18.4 Å². The molecular formula is C10H12BrNOS. The highest BCUT2D eigenvalue weighted by molar-refractivity contribution is 9.10. The molecule has 14 heavy (non-hydrogen) atoms. The molecular weight excluding hydrogens is 262 g/mol. The lowest BCUT2D eigenvalue weighted by Crippen LogP contribution is -2.25. The zero-order valence-corrected chi connectivity index (χ0v) is 10.2. The molecule has 1 aliphatic rings. The van der Waals surface area contributed by atoms with E-state index in [0.29, 0.717) is 19.0 Å². The average Bonchev–Trinajstić information content (AvgIpc) is 2.90. The van der Waals surface area contributed by atoms with E-state index in [9.17, 15) is 4.79 Å². The minimum Gasteiger partial charge on any atom is -0.307 e. The Bertz CT molecular complexity index is 333. The quantitative estimate of drug-likeness (QED) is 0.893. The summed E-state index contributed by atoms with van der Waals surface area (Å²) >= 11 is 5.06. The van der Waals surface area contributed by atoms with E-state index in [4.69, 9.17) is 0 Å². The Hall–Kier alpha value is -0.190. The molecule has 0 saturated heterocycles. The van der Waals surface area contributed by atoms with Gasteiger partial charge < -0.3 is 5.32 Å². The molecule has 0 aliphatic heterocycles. The van der Waals surface area contributed by atoms with Crippen LogP contribution in [0.2, 0.25) is 0 Å². The average molecular weight is 274 g/mol. The summed E-state index contributed by atoms with van der Waals surface area (Å²) in [6.07, 6.45) is 3.02. The molecule has 76 valence electrons. The third-order valence-corrected chi connectivity index (χ3v) is 4.14. The number of carbonyl (C=O) groups is 1. The number of hydrogen-bond donors (Lipinski definition) is 1. The van der Waals surface area contributed by atoms with Gasteiger partial charge in [-0.05, 0) is 40.2 Å². The molecule has 1 heterocycles. The number of Topliss-reactive ketones (excluding diaryl/α,β-unsaturated/α-hetero) is 1. The van der Waals surface area contributed by atoms with Gasteiger partial charge in [0.25, 0.3) is 0 Å². The van der Waals surface area contributed by atoms with Gasteiger partial charge in [-0.3, -0.25) is 4.79 Å². The molecule has 0 radical (unpaired) electrons. The van der Waals surface area contributed by atoms with Crippen molar-refractivity contribution in [2.45, 2.75) is 25.3 Å². The van der Waals surface area contributed by atoms with E-state index in [0.717, 1.165) is 9.35 Å². The van der Waals surface area contributed by atoms with E-state index in [-0.39, 0.29) is 5.78 Å². The second kappa shape index (κ2) is 4.55. The summed E-state index contributed by atoms with van der Waals surface area (Å²) in [6.45, 7) is 0.523. The van der Waals surface area contributed by atoms with Gasteiger partial charge in [0.2, 0.25) is 0 Å². The molecule has 0 amide bonds. The maximum atomic E-state index is 11.5. The van der Waals surface area contributed by atoms with Gasteiger partial charge in [-0.25, -0.2) is 0 Å². The van der Waals surface area contributed by atoms with E-state index in [1.165, 1.54) is 12.8 Å². The summed E-state index contributed by atoms with van der Waals surface area (Å²) in [5.74, 6) is 0.278. The number of nitrogens with one attached hydrogen (secondary N) is 1. The van der Waals surface area contributed by atoms with Crippen LogP contribution in [-0.2, 0) is 11.2 Å². The van der Waals surface area contributed by atoms with Crippen molar-refractivity contribution in [2.75, 3.05) is 6.54 Å². The van der Waals surface area contributed by atoms with Crippen molar-refractivity contribution >= 4 is 33.0 Å². The standard InChI is InChI=1S/C10H12BrNOS/c11-9-3-4-14-10(9)5-8(13)6-12-7-1-2-7/h3-4,7,12H,1-2,5-6H2. The third-order valence-electron chi connectivity index (χ3n) is 2.21. The van der Waals surface area contributed by atoms with Gasteiger partial charge in [-0.1, -0.05) is 0 Å². The Morgan fingerprint density at radius 1 is 1.64 bits per heavy atom. The fraction of sp³-hybridized carbons (Fsp3) is 0.500. The van der Waals surface area contributed by atoms with Crippen molar-refractivity contribution in [3.05, 3.63) is 20.8 Å². The van der Waals surface area contributed by atoms with E-state index < -0.39 is 0 Å². The Balaban J connectivity index is 1.78. The van der Waals surface area contributed by atoms with Crippen molar-refractivity contribution in [2.24, 2.45) is 0 Å². The molecule has 0 aromatic carbocycles. The van der Waals surface area contributed by atoms with Crippen LogP contribution in [0.15, 0.2) is 15.9 Å². The summed E-state index contributed by atoms with van der Waals surface area (Å²) in [5, 5.41) is 5.23. The van der Waals surface area contributed by atoms with E-state index in [1.54, 1.807) is 11.3 Å². The maximum Gasteiger partial charge on any atom is 0.151 e. The molecule has 1 aliphatic carbocycles. The van der Waals surface area contributed by atoms with Crippen LogP contribution in [0.1, 0.15) is 17.7 Å². The van der Waals surface area contributed by atoms with E-state index in [1.807, 2.05) is 11.4 Å². The molecule has 0 unspecified atom stereocenters. The molecule has 1 aromatic heterocycles. The van der Waals surface area contributed by atoms with E-state index in [2.05, 4.69) is 21.2 Å². The first-order chi connectivity index (χ1) is 6.75. The minimum absolute atomic E-state index is 0.278. The summed E-state index contributed by atoms with van der Waals surface area (Å²) in [4.78, 5) is 12.7. The van der Waals surface area contributed by atoms with Gasteiger partial charge >= 0.3 is 0 Å². The molecule has 1 N–H and O–H groups in total. The molecule has 2 rings (SSSR count). The third kappa shape index (κ3) is 2.90. The van der Waals surface area contributed by atoms with Crippen LogP contribution >= 0.6 is 27.3 Å². The largest absolute Gasteiger partial charge is 0.307 e. The predicted molar refractivity (Wildman–Crippen MR) is 61.8 cm³/mol. The maximum absolute atomic E-state index is 11.5. The number of halogens is 1. The lowest BCUT2D eigenvalue weighted by Gasteiger charge is -2.01. The van der Waals surface area contributed by atoms with Gasteiger partial charge in [-0.15, -0.1) is 11.3 Å². The predicted octanol–water partition coefficient (Wildman–Crippen LogP) is 2.37. The SMILES string of the molecule is O=C(CNC1CC1)Cc1sccc1Br. The van der Waals surface area contributed by atoms with Crippen LogP contribution in [0.25, 0.3) is 0 Å². The van der Waals surface area contributed by atoms with Crippen LogP contribution in [0, 0.1) is 0 Å². The van der Waals surface area contributed by atoms with Gasteiger partial charge in [0, 0.05) is 21.8 Å². The van der Waals surface area contributed by atoms with Gasteiger partial charge in [0.15, 0.2) is 5.78 Å². The molecule has 1 saturated carbocycles. The van der Waals surface area contributed by atoms with E-state index >= 15 is 0 Å². The highest BCUT2D eigenvalue weighted by Crippen LogP contribution is 2.23. The highest BCUT2D eigenvalue weighted by atomic mass is 79.9. The van der Waals surface area contributed by atoms with Crippen LogP contribution in [0.5, 0.6) is 0 Å². The van der Waals surface area contributed by atoms with Crippen molar-refractivity contribution in [1.29, 1.82) is 0 Å². The monoisotopic (exact) mass is 273 g/mol. The van der Waals surface area contributed by atoms with Gasteiger partial charge in [-0.2, -0.15) is 0 Å². The molecule has 1 fully saturated rings. The van der Waals surface area contributed by atoms with Crippen LogP contribution in [0.4, 0.5) is 0 Å². The Morgan fingerprint density at radius 3 is 3.00 bits per heavy atom. The van der Waals surface area contributed by atoms with Crippen molar-refractivity contribution in [3.8, 4) is 0 Å². The summed E-state index contributed by atoms with van der Waals surface area (Å²) in [7, 11) is 0. The van der Waals surface area contributed by atoms with Crippen molar-refractivity contribution < 1.29 is 4.79 Å². The lowest BCUT2D eigenvalue weighted by molar-refractivity contribution is -0.117. The molecule has 0 spiro atoms. The topological polar surface area (TPSA) is 29.1 Å². The number of carbonyl (C=O) groups excluding carboxylic acids is 1. The Kier molecular flexibility index (Phi) is 3.36. The van der Waals surface area contributed by atoms with Crippen molar-refractivity contribution in [1.82, 2.24) is 5.32 Å². The van der Waals surface area contributed by atoms with Gasteiger partial charge in [0.1, 0.15) is 0 Å². The second-order valence-electron chi connectivity index (χ2n) is 3.56. The second-order valence-corrected chi connectivity index (χ2v) is 5.42. The molecule has 0 atom stereocenters. The Labute approximate surface area is 95.8 Å². The first-order valence-corrected chi connectivity index (χ1v) is 6.40. The molecule has 1 aromatic rings. The summed E-state index contributed by atoms with van der Waals surface area (Å²) < 4.78 is 1.06. The van der Waals surface area contributed by atoms with Gasteiger partial charge in [0.05, 0.1) is 6.54 Å². The summed E-state index contributed by atoms with van der Waals surface area (Å²) in [6, 6.07) is 2.60. The fourth-order valence-corrected chi connectivity index (χ4v) is 2.76. The molecule has 4 heteroatoms. The first kappa shape index (κ1) is 10.3. The van der Waals surface area contributed by atoms with Crippen LogP contribution in [0.3, 0.4) is 0 Å². The number of hydrogen-bond acceptors (Lipinski definition) is 3. The number of ketones is 1. The normalized spacial score (nSPS) is 15.8. The lowest BCUT2D eigenvalue weighted by atomic mass is 10.2. The first-order valence-electron chi connectivity index (χ1n) is 4.72. The number of thiophene rings is 1. The minimum atomic E-state index is 0.278. The molecule has 0 bridgehead atoms.